The Kier molecular flexibility index (Phi) is 6.66. The topological polar surface area (TPSA) is 79.3 Å². The summed E-state index contributed by atoms with van der Waals surface area (Å²) in [5.74, 6) is -0.662. The summed E-state index contributed by atoms with van der Waals surface area (Å²) in [4.78, 5) is 29.5. The Morgan fingerprint density at radius 1 is 0.970 bits per heavy atom. The van der Waals surface area contributed by atoms with E-state index in [1.54, 1.807) is 11.3 Å². The van der Waals surface area contributed by atoms with Crippen molar-refractivity contribution in [3.05, 3.63) is 70.9 Å². The van der Waals surface area contributed by atoms with Gasteiger partial charge in [-0.15, -0.1) is 11.3 Å². The monoisotopic (exact) mass is 462 g/mol. The molecule has 0 atom stereocenters. The summed E-state index contributed by atoms with van der Waals surface area (Å²) < 4.78 is 0. The molecule has 172 valence electrons. The van der Waals surface area contributed by atoms with E-state index in [0.29, 0.717) is 11.5 Å². The maximum Gasteiger partial charge on any atom is 0.306 e. The third kappa shape index (κ3) is 5.50. The number of carboxylic acid groups (broad SMARTS) is 1. The highest BCUT2D eigenvalue weighted by molar-refractivity contribution is 7.15. The van der Waals surface area contributed by atoms with E-state index in [-0.39, 0.29) is 17.2 Å². The molecule has 1 aliphatic carbocycles. The Morgan fingerprint density at radius 2 is 1.61 bits per heavy atom. The number of aromatic nitrogens is 1. The Bertz CT molecular complexity index is 1120. The first kappa shape index (κ1) is 23.2. The van der Waals surface area contributed by atoms with Crippen molar-refractivity contribution < 1.29 is 14.7 Å². The van der Waals surface area contributed by atoms with Gasteiger partial charge in [0.05, 0.1) is 15.8 Å². The van der Waals surface area contributed by atoms with Gasteiger partial charge in [-0.3, -0.25) is 9.59 Å². The van der Waals surface area contributed by atoms with Crippen LogP contribution in [0.4, 0.5) is 5.69 Å². The van der Waals surface area contributed by atoms with Crippen LogP contribution in [-0.4, -0.2) is 22.0 Å². The van der Waals surface area contributed by atoms with Crippen LogP contribution in [0.3, 0.4) is 0 Å². The van der Waals surface area contributed by atoms with Crippen molar-refractivity contribution in [2.75, 3.05) is 5.32 Å². The molecule has 0 bridgehead atoms. The third-order valence-electron chi connectivity index (χ3n) is 6.39. The van der Waals surface area contributed by atoms with Crippen LogP contribution in [0.1, 0.15) is 73.3 Å². The lowest BCUT2D eigenvalue weighted by Crippen LogP contribution is -2.20. The summed E-state index contributed by atoms with van der Waals surface area (Å²) in [5.41, 5.74) is 3.70. The number of carboxylic acids is 1. The lowest BCUT2D eigenvalue weighted by atomic mass is 9.82. The van der Waals surface area contributed by atoms with E-state index >= 15 is 0 Å². The third-order valence-corrected chi connectivity index (χ3v) is 7.60. The molecule has 2 aromatic carbocycles. The van der Waals surface area contributed by atoms with Gasteiger partial charge < -0.3 is 10.4 Å². The van der Waals surface area contributed by atoms with Crippen LogP contribution in [0, 0.1) is 5.92 Å². The van der Waals surface area contributed by atoms with Gasteiger partial charge in [0.2, 0.25) is 0 Å². The maximum absolute atomic E-state index is 12.6. The van der Waals surface area contributed by atoms with Crippen LogP contribution < -0.4 is 5.32 Å². The molecule has 1 heterocycles. The van der Waals surface area contributed by atoms with Gasteiger partial charge in [0, 0.05) is 23.4 Å². The van der Waals surface area contributed by atoms with Crippen molar-refractivity contribution in [2.24, 2.45) is 5.92 Å². The molecule has 1 aromatic heterocycles. The Morgan fingerprint density at radius 3 is 2.18 bits per heavy atom. The van der Waals surface area contributed by atoms with E-state index in [1.165, 1.54) is 5.56 Å². The minimum atomic E-state index is -0.678. The number of nitrogens with one attached hydrogen (secondary N) is 1. The van der Waals surface area contributed by atoms with E-state index < -0.39 is 5.97 Å². The Balaban J connectivity index is 1.38. The molecule has 0 spiro atoms. The normalized spacial score (nSPS) is 18.6. The first-order chi connectivity index (χ1) is 15.7. The van der Waals surface area contributed by atoms with Crippen molar-refractivity contribution >= 4 is 28.9 Å². The largest absolute Gasteiger partial charge is 0.481 e. The van der Waals surface area contributed by atoms with Crippen LogP contribution in [0.25, 0.3) is 10.4 Å². The van der Waals surface area contributed by atoms with Crippen molar-refractivity contribution in [1.29, 1.82) is 0 Å². The number of benzene rings is 2. The quantitative estimate of drug-likeness (QED) is 0.441. The summed E-state index contributed by atoms with van der Waals surface area (Å²) in [7, 11) is 0. The SMILES string of the molecule is CC(C)(C)c1ccc(C(=O)Nc2ccc(-c3cnc(C4CCC(C(=O)O)CC4)s3)cc2)cc1. The van der Waals surface area contributed by atoms with Crippen molar-refractivity contribution in [1.82, 2.24) is 4.98 Å². The zero-order valence-electron chi connectivity index (χ0n) is 19.3. The predicted octanol–water partition coefficient (Wildman–Crippen LogP) is 6.72. The number of carbonyl (C=O) groups excluding carboxylic acids is 1. The molecule has 1 fully saturated rings. The van der Waals surface area contributed by atoms with Crippen LogP contribution in [0.5, 0.6) is 0 Å². The molecule has 2 N–H and O–H groups in total. The van der Waals surface area contributed by atoms with Gasteiger partial charge in [-0.2, -0.15) is 0 Å². The highest BCUT2D eigenvalue weighted by Gasteiger charge is 2.28. The van der Waals surface area contributed by atoms with E-state index in [9.17, 15) is 14.7 Å². The second-order valence-corrected chi connectivity index (χ2v) is 10.9. The number of anilines is 1. The highest BCUT2D eigenvalue weighted by atomic mass is 32.1. The van der Waals surface area contributed by atoms with Gasteiger partial charge in [-0.25, -0.2) is 4.98 Å². The molecule has 3 aromatic rings. The molecule has 0 saturated heterocycles. The van der Waals surface area contributed by atoms with Crippen LogP contribution >= 0.6 is 11.3 Å². The lowest BCUT2D eigenvalue weighted by Gasteiger charge is -2.24. The summed E-state index contributed by atoms with van der Waals surface area (Å²) >= 11 is 1.68. The zero-order chi connectivity index (χ0) is 23.6. The van der Waals surface area contributed by atoms with Crippen molar-refractivity contribution in [2.45, 2.75) is 57.8 Å². The Labute approximate surface area is 198 Å². The predicted molar refractivity (Wildman–Crippen MR) is 133 cm³/mol. The van der Waals surface area contributed by atoms with E-state index in [2.05, 4.69) is 31.1 Å². The van der Waals surface area contributed by atoms with Gasteiger partial charge in [-0.05, 0) is 66.5 Å². The molecular weight excluding hydrogens is 432 g/mol. The minimum absolute atomic E-state index is 0.0548. The molecule has 0 aliphatic heterocycles. The van der Waals surface area contributed by atoms with Gasteiger partial charge in [0.25, 0.3) is 5.91 Å². The maximum atomic E-state index is 12.6. The summed E-state index contributed by atoms with van der Waals surface area (Å²) in [6.07, 6.45) is 5.11. The number of hydrogen-bond donors (Lipinski definition) is 2. The average molecular weight is 463 g/mol. The number of nitrogens with zero attached hydrogens (tertiary/aromatic N) is 1. The molecule has 1 saturated carbocycles. The van der Waals surface area contributed by atoms with Crippen molar-refractivity contribution in [3.8, 4) is 10.4 Å². The molecule has 0 radical (unpaired) electrons. The number of thiazole rings is 1. The summed E-state index contributed by atoms with van der Waals surface area (Å²) in [6, 6.07) is 15.6. The lowest BCUT2D eigenvalue weighted by molar-refractivity contribution is -0.142. The van der Waals surface area contributed by atoms with E-state index in [4.69, 9.17) is 0 Å². The second kappa shape index (κ2) is 9.48. The van der Waals surface area contributed by atoms with Crippen LogP contribution in [0.15, 0.2) is 54.7 Å². The minimum Gasteiger partial charge on any atom is -0.481 e. The summed E-state index contributed by atoms with van der Waals surface area (Å²) in [6.45, 7) is 6.46. The fourth-order valence-electron chi connectivity index (χ4n) is 4.24. The fourth-order valence-corrected chi connectivity index (χ4v) is 5.33. The number of amides is 1. The number of carbonyl (C=O) groups is 2. The molecule has 0 unspecified atom stereocenters. The number of rotatable bonds is 5. The van der Waals surface area contributed by atoms with Crippen LogP contribution in [-0.2, 0) is 10.2 Å². The van der Waals surface area contributed by atoms with Crippen molar-refractivity contribution in [3.63, 3.8) is 0 Å². The number of aliphatic carboxylic acids is 1. The van der Waals surface area contributed by atoms with Gasteiger partial charge in [0.15, 0.2) is 0 Å². The standard InChI is InChI=1S/C27H30N2O3S/c1-27(2,3)21-12-8-18(9-13-21)24(30)29-22-14-10-17(11-15-22)23-16-28-25(33-23)19-4-6-20(7-5-19)26(31)32/h8-16,19-20H,4-7H2,1-3H3,(H,29,30)(H,31,32). The average Bonchev–Trinajstić information content (AvgIpc) is 3.29. The first-order valence-electron chi connectivity index (χ1n) is 11.4. The fraction of sp³-hybridized carbons (Fsp3) is 0.370. The summed E-state index contributed by atoms with van der Waals surface area (Å²) in [5, 5.41) is 13.2. The number of hydrogen-bond acceptors (Lipinski definition) is 4. The smallest absolute Gasteiger partial charge is 0.306 e. The molecular formula is C27H30N2O3S. The van der Waals surface area contributed by atoms with E-state index in [1.807, 2.05) is 54.7 Å². The van der Waals surface area contributed by atoms with Gasteiger partial charge >= 0.3 is 5.97 Å². The second-order valence-electron chi connectivity index (χ2n) is 9.81. The van der Waals surface area contributed by atoms with Gasteiger partial charge in [0.1, 0.15) is 0 Å². The first-order valence-corrected chi connectivity index (χ1v) is 12.2. The van der Waals surface area contributed by atoms with Gasteiger partial charge in [-0.1, -0.05) is 45.0 Å². The molecule has 6 heteroatoms. The highest BCUT2D eigenvalue weighted by Crippen LogP contribution is 2.39. The molecule has 33 heavy (non-hydrogen) atoms. The Hall–Kier alpha value is -2.99. The zero-order valence-corrected chi connectivity index (χ0v) is 20.1. The molecule has 4 rings (SSSR count). The van der Waals surface area contributed by atoms with Crippen LogP contribution in [0.2, 0.25) is 0 Å². The molecule has 5 nitrogen and oxygen atoms in total. The van der Waals surface area contributed by atoms with E-state index in [0.717, 1.165) is 46.8 Å². The molecule has 1 amide bonds. The molecule has 1 aliphatic rings.